The van der Waals surface area contributed by atoms with Gasteiger partial charge in [-0.3, -0.25) is 4.90 Å². The van der Waals surface area contributed by atoms with Crippen molar-refractivity contribution in [2.24, 2.45) is 0 Å². The van der Waals surface area contributed by atoms with Crippen molar-refractivity contribution in [3.63, 3.8) is 0 Å². The summed E-state index contributed by atoms with van der Waals surface area (Å²) in [5, 5.41) is 0. The predicted octanol–water partition coefficient (Wildman–Crippen LogP) is 1.80. The molecule has 0 N–H and O–H groups in total. The maximum Gasteiger partial charge on any atom is 0.123 e. The van der Waals surface area contributed by atoms with Gasteiger partial charge in [-0.15, -0.1) is 0 Å². The molecule has 2 fully saturated rings. The number of hydrogen-bond donors (Lipinski definition) is 0. The number of rotatable bonds is 2. The van der Waals surface area contributed by atoms with Crippen LogP contribution in [0.5, 0.6) is 0 Å². The van der Waals surface area contributed by atoms with E-state index in [-0.39, 0.29) is 5.82 Å². The van der Waals surface area contributed by atoms with Crippen LogP contribution in [-0.4, -0.2) is 30.2 Å². The Bertz CT molecular complexity index is 351. The van der Waals surface area contributed by atoms with Gasteiger partial charge in [-0.2, -0.15) is 0 Å². The normalized spacial score (nSPS) is 29.9. The molecule has 3 rings (SSSR count). The molecular formula is C12H14FNO. The molecule has 80 valence electrons. The fraction of sp³-hybridized carbons (Fsp3) is 0.500. The van der Waals surface area contributed by atoms with E-state index in [4.69, 9.17) is 4.74 Å². The van der Waals surface area contributed by atoms with Crippen LogP contribution in [0.25, 0.3) is 0 Å². The van der Waals surface area contributed by atoms with E-state index >= 15 is 0 Å². The Morgan fingerprint density at radius 2 is 2.07 bits per heavy atom. The van der Waals surface area contributed by atoms with Gasteiger partial charge in [0.05, 0.1) is 12.2 Å². The molecule has 2 aliphatic heterocycles. The van der Waals surface area contributed by atoms with Crippen molar-refractivity contribution in [1.29, 1.82) is 0 Å². The summed E-state index contributed by atoms with van der Waals surface area (Å²) < 4.78 is 18.2. The van der Waals surface area contributed by atoms with E-state index in [1.165, 1.54) is 17.7 Å². The van der Waals surface area contributed by atoms with Crippen molar-refractivity contribution in [1.82, 2.24) is 4.90 Å². The molecule has 0 saturated carbocycles. The lowest BCUT2D eigenvalue weighted by Crippen LogP contribution is -2.33. The molecule has 0 aliphatic carbocycles. The van der Waals surface area contributed by atoms with Crippen LogP contribution in [0.1, 0.15) is 12.0 Å². The summed E-state index contributed by atoms with van der Waals surface area (Å²) in [6, 6.07) is 6.76. The zero-order valence-corrected chi connectivity index (χ0v) is 8.53. The zero-order chi connectivity index (χ0) is 10.3. The first kappa shape index (κ1) is 9.31. The second-order valence-corrected chi connectivity index (χ2v) is 4.36. The summed E-state index contributed by atoms with van der Waals surface area (Å²) in [5.41, 5.74) is 1.18. The number of hydrogen-bond acceptors (Lipinski definition) is 2. The van der Waals surface area contributed by atoms with Crippen LogP contribution in [-0.2, 0) is 11.3 Å². The molecule has 1 aromatic rings. The standard InChI is InChI=1S/C12H14FNO/c13-10-3-1-9(2-4-10)7-14-6-5-11-12(8-14)15-11/h1-4,11-12H,5-8H2. The molecule has 2 nitrogen and oxygen atoms in total. The van der Waals surface area contributed by atoms with E-state index in [2.05, 4.69) is 4.90 Å². The Morgan fingerprint density at radius 3 is 2.80 bits per heavy atom. The van der Waals surface area contributed by atoms with E-state index in [0.29, 0.717) is 12.2 Å². The number of ether oxygens (including phenoxy) is 1. The summed E-state index contributed by atoms with van der Waals surface area (Å²) >= 11 is 0. The number of halogens is 1. The van der Waals surface area contributed by atoms with Crippen LogP contribution in [0.4, 0.5) is 4.39 Å². The quantitative estimate of drug-likeness (QED) is 0.687. The number of likely N-dealkylation sites (tertiary alicyclic amines) is 1. The van der Waals surface area contributed by atoms with Gasteiger partial charge >= 0.3 is 0 Å². The zero-order valence-electron chi connectivity index (χ0n) is 8.53. The molecular weight excluding hydrogens is 193 g/mol. The van der Waals surface area contributed by atoms with Gasteiger partial charge in [0.15, 0.2) is 0 Å². The van der Waals surface area contributed by atoms with Gasteiger partial charge in [0.1, 0.15) is 5.82 Å². The Balaban J connectivity index is 1.62. The average molecular weight is 207 g/mol. The van der Waals surface area contributed by atoms with E-state index in [9.17, 15) is 4.39 Å². The van der Waals surface area contributed by atoms with E-state index in [0.717, 1.165) is 26.1 Å². The minimum atomic E-state index is -0.164. The molecule has 0 spiro atoms. The minimum Gasteiger partial charge on any atom is -0.368 e. The third-order valence-corrected chi connectivity index (χ3v) is 3.18. The lowest BCUT2D eigenvalue weighted by molar-refractivity contribution is 0.237. The SMILES string of the molecule is Fc1ccc(CN2CCC3OC3C2)cc1. The number of benzene rings is 1. The average Bonchev–Trinajstić information content (AvgIpc) is 3.00. The Hall–Kier alpha value is -0.930. The van der Waals surface area contributed by atoms with Crippen molar-refractivity contribution in [3.8, 4) is 0 Å². The monoisotopic (exact) mass is 207 g/mol. The number of nitrogens with zero attached hydrogens (tertiary/aromatic N) is 1. The van der Waals surface area contributed by atoms with Crippen molar-refractivity contribution in [2.45, 2.75) is 25.2 Å². The van der Waals surface area contributed by atoms with Gasteiger partial charge in [0.2, 0.25) is 0 Å². The van der Waals surface area contributed by atoms with Crippen molar-refractivity contribution < 1.29 is 9.13 Å². The van der Waals surface area contributed by atoms with Gasteiger partial charge in [0, 0.05) is 19.6 Å². The molecule has 2 unspecified atom stereocenters. The molecule has 2 atom stereocenters. The summed E-state index contributed by atoms with van der Waals surface area (Å²) in [5.74, 6) is -0.164. The van der Waals surface area contributed by atoms with Crippen molar-refractivity contribution >= 4 is 0 Å². The minimum absolute atomic E-state index is 0.164. The predicted molar refractivity (Wildman–Crippen MR) is 55.0 cm³/mol. The highest BCUT2D eigenvalue weighted by Crippen LogP contribution is 2.31. The highest BCUT2D eigenvalue weighted by Gasteiger charge is 2.42. The van der Waals surface area contributed by atoms with E-state index in [1.807, 2.05) is 12.1 Å². The van der Waals surface area contributed by atoms with Gasteiger partial charge in [0.25, 0.3) is 0 Å². The lowest BCUT2D eigenvalue weighted by atomic mass is 10.1. The van der Waals surface area contributed by atoms with Gasteiger partial charge < -0.3 is 4.74 Å². The van der Waals surface area contributed by atoms with Crippen molar-refractivity contribution in [2.75, 3.05) is 13.1 Å². The first-order chi connectivity index (χ1) is 7.31. The number of fused-ring (bicyclic) bond motifs is 1. The van der Waals surface area contributed by atoms with Gasteiger partial charge in [-0.25, -0.2) is 4.39 Å². The first-order valence-corrected chi connectivity index (χ1v) is 5.43. The van der Waals surface area contributed by atoms with Crippen molar-refractivity contribution in [3.05, 3.63) is 35.6 Å². The molecule has 0 radical (unpaired) electrons. The molecule has 2 aliphatic rings. The maximum atomic E-state index is 12.7. The molecule has 0 amide bonds. The molecule has 3 heteroatoms. The highest BCUT2D eigenvalue weighted by atomic mass is 19.1. The Kier molecular flexibility index (Phi) is 2.22. The highest BCUT2D eigenvalue weighted by molar-refractivity contribution is 5.16. The molecule has 1 aromatic carbocycles. The molecule has 0 bridgehead atoms. The van der Waals surface area contributed by atoms with Crippen LogP contribution in [0, 0.1) is 5.82 Å². The summed E-state index contributed by atoms with van der Waals surface area (Å²) in [6.45, 7) is 3.04. The largest absolute Gasteiger partial charge is 0.368 e. The van der Waals surface area contributed by atoms with Crippen LogP contribution in [0.15, 0.2) is 24.3 Å². The van der Waals surface area contributed by atoms with E-state index < -0.39 is 0 Å². The molecule has 2 heterocycles. The number of piperidine rings is 1. The van der Waals surface area contributed by atoms with Gasteiger partial charge in [-0.05, 0) is 24.1 Å². The smallest absolute Gasteiger partial charge is 0.123 e. The maximum absolute atomic E-state index is 12.7. The van der Waals surface area contributed by atoms with Crippen LogP contribution < -0.4 is 0 Å². The van der Waals surface area contributed by atoms with Gasteiger partial charge in [-0.1, -0.05) is 12.1 Å². The lowest BCUT2D eigenvalue weighted by Gasteiger charge is -2.23. The third kappa shape index (κ3) is 2.03. The summed E-state index contributed by atoms with van der Waals surface area (Å²) in [6.07, 6.45) is 2.15. The second kappa shape index (κ2) is 3.58. The topological polar surface area (TPSA) is 15.8 Å². The number of epoxide rings is 1. The first-order valence-electron chi connectivity index (χ1n) is 5.43. The van der Waals surface area contributed by atoms with Crippen LogP contribution in [0.3, 0.4) is 0 Å². The third-order valence-electron chi connectivity index (χ3n) is 3.18. The Morgan fingerprint density at radius 1 is 1.27 bits per heavy atom. The summed E-state index contributed by atoms with van der Waals surface area (Å²) in [7, 11) is 0. The molecule has 0 aromatic heterocycles. The second-order valence-electron chi connectivity index (χ2n) is 4.36. The Labute approximate surface area is 88.6 Å². The van der Waals surface area contributed by atoms with Crippen LogP contribution >= 0.6 is 0 Å². The fourth-order valence-corrected chi connectivity index (χ4v) is 2.24. The fourth-order valence-electron chi connectivity index (χ4n) is 2.24. The molecule has 2 saturated heterocycles. The summed E-state index contributed by atoms with van der Waals surface area (Å²) in [4.78, 5) is 2.38. The molecule has 15 heavy (non-hydrogen) atoms. The van der Waals surface area contributed by atoms with Crippen LogP contribution in [0.2, 0.25) is 0 Å². The van der Waals surface area contributed by atoms with E-state index in [1.54, 1.807) is 0 Å².